The second-order valence-electron chi connectivity index (χ2n) is 5.61. The first-order valence-electron chi connectivity index (χ1n) is 7.41. The second-order valence-corrected chi connectivity index (χ2v) is 5.61. The summed E-state index contributed by atoms with van der Waals surface area (Å²) >= 11 is 0. The number of anilines is 1. The summed E-state index contributed by atoms with van der Waals surface area (Å²) in [6.45, 7) is 0.0977. The number of furan rings is 1. The van der Waals surface area contributed by atoms with E-state index in [0.29, 0.717) is 17.9 Å². The lowest BCUT2D eigenvalue weighted by Crippen LogP contribution is -2.32. The molecule has 1 aliphatic rings. The van der Waals surface area contributed by atoms with Crippen LogP contribution in [0.3, 0.4) is 0 Å². The van der Waals surface area contributed by atoms with Crippen LogP contribution >= 0.6 is 0 Å². The van der Waals surface area contributed by atoms with Gasteiger partial charge in [0.05, 0.1) is 31.8 Å². The first kappa shape index (κ1) is 16.0. The van der Waals surface area contributed by atoms with E-state index >= 15 is 0 Å². The predicted molar refractivity (Wildman–Crippen MR) is 82.1 cm³/mol. The molecule has 24 heavy (non-hydrogen) atoms. The molecule has 0 radical (unpaired) electrons. The number of hydrogen-bond donors (Lipinski definition) is 1. The van der Waals surface area contributed by atoms with Crippen molar-refractivity contribution in [1.82, 2.24) is 0 Å². The Bertz CT molecular complexity index is 758. The number of methoxy groups -OCH3 is 1. The maximum atomic E-state index is 14.0. The summed E-state index contributed by atoms with van der Waals surface area (Å²) in [6.07, 6.45) is 1.77. The van der Waals surface area contributed by atoms with Gasteiger partial charge in [0.2, 0.25) is 5.91 Å². The zero-order valence-electron chi connectivity index (χ0n) is 12.9. The van der Waals surface area contributed by atoms with Gasteiger partial charge in [-0.15, -0.1) is 0 Å². The number of ether oxygens (including phenoxy) is 1. The van der Waals surface area contributed by atoms with Gasteiger partial charge in [0.15, 0.2) is 11.6 Å². The Morgan fingerprint density at radius 2 is 2.17 bits per heavy atom. The largest absolute Gasteiger partial charge is 0.494 e. The van der Waals surface area contributed by atoms with Crippen LogP contribution in [-0.2, 0) is 16.1 Å². The third-order valence-corrected chi connectivity index (χ3v) is 4.03. The Kier molecular flexibility index (Phi) is 4.24. The molecule has 0 bridgehead atoms. The topological polar surface area (TPSA) is 80.0 Å². The molecule has 1 fully saturated rings. The minimum absolute atomic E-state index is 0.0685. The third kappa shape index (κ3) is 3.10. The Labute approximate surface area is 137 Å². The van der Waals surface area contributed by atoms with E-state index in [1.807, 2.05) is 0 Å². The molecule has 0 spiro atoms. The first-order valence-corrected chi connectivity index (χ1v) is 7.41. The van der Waals surface area contributed by atoms with E-state index in [1.54, 1.807) is 18.2 Å². The van der Waals surface area contributed by atoms with E-state index < -0.39 is 23.6 Å². The highest BCUT2D eigenvalue weighted by Crippen LogP contribution is 2.41. The van der Waals surface area contributed by atoms with Crippen LogP contribution in [0.1, 0.15) is 12.2 Å². The molecular weight excluding hydrogens is 317 g/mol. The standard InChI is InChI=1S/C17H16FNO5/c1-23-15-5-4-10(7-14(15)18)19(9-11-3-2-6-24-11)16(20)12-8-13(12)17(21)22/h2-7,12-13H,8-9H2,1H3,(H,21,22)/t12-,13-/m0/s1. The van der Waals surface area contributed by atoms with Crippen molar-refractivity contribution < 1.29 is 28.2 Å². The van der Waals surface area contributed by atoms with E-state index in [0.717, 1.165) is 0 Å². The Hall–Kier alpha value is -2.83. The average molecular weight is 333 g/mol. The molecule has 1 saturated carbocycles. The van der Waals surface area contributed by atoms with Gasteiger partial charge in [0.25, 0.3) is 0 Å². The van der Waals surface area contributed by atoms with Gasteiger partial charge in [-0.3, -0.25) is 9.59 Å². The van der Waals surface area contributed by atoms with Crippen molar-refractivity contribution in [2.75, 3.05) is 12.0 Å². The van der Waals surface area contributed by atoms with Gasteiger partial charge in [-0.2, -0.15) is 0 Å². The zero-order chi connectivity index (χ0) is 17.3. The van der Waals surface area contributed by atoms with Gasteiger partial charge in [-0.1, -0.05) is 0 Å². The third-order valence-electron chi connectivity index (χ3n) is 4.03. The van der Waals surface area contributed by atoms with Crippen molar-refractivity contribution in [1.29, 1.82) is 0 Å². The Balaban J connectivity index is 1.89. The molecule has 0 unspecified atom stereocenters. The molecule has 7 heteroatoms. The summed E-state index contributed by atoms with van der Waals surface area (Å²) in [5.74, 6) is -2.64. The minimum atomic E-state index is -0.993. The van der Waals surface area contributed by atoms with Gasteiger partial charge < -0.3 is 19.2 Å². The zero-order valence-corrected chi connectivity index (χ0v) is 12.9. The normalized spacial score (nSPS) is 18.9. The van der Waals surface area contributed by atoms with Crippen molar-refractivity contribution in [2.45, 2.75) is 13.0 Å². The van der Waals surface area contributed by atoms with Crippen LogP contribution in [0.25, 0.3) is 0 Å². The van der Waals surface area contributed by atoms with Crippen LogP contribution in [-0.4, -0.2) is 24.1 Å². The van der Waals surface area contributed by atoms with Crippen LogP contribution in [0, 0.1) is 17.7 Å². The van der Waals surface area contributed by atoms with Crippen molar-refractivity contribution in [3.8, 4) is 5.75 Å². The van der Waals surface area contributed by atoms with Gasteiger partial charge in [0, 0.05) is 11.8 Å². The van der Waals surface area contributed by atoms with E-state index in [-0.39, 0.29) is 18.2 Å². The number of carboxylic acids is 1. The number of benzene rings is 1. The van der Waals surface area contributed by atoms with Crippen molar-refractivity contribution in [2.24, 2.45) is 11.8 Å². The number of aliphatic carboxylic acids is 1. The lowest BCUT2D eigenvalue weighted by Gasteiger charge is -2.22. The molecule has 126 valence electrons. The van der Waals surface area contributed by atoms with Crippen molar-refractivity contribution in [3.05, 3.63) is 48.2 Å². The highest BCUT2D eigenvalue weighted by Gasteiger charge is 2.50. The molecule has 1 aromatic carbocycles. The van der Waals surface area contributed by atoms with Crippen LogP contribution < -0.4 is 9.64 Å². The molecule has 0 saturated heterocycles. The van der Waals surface area contributed by atoms with Crippen LogP contribution in [0.4, 0.5) is 10.1 Å². The molecule has 1 amide bonds. The molecule has 1 aromatic heterocycles. The number of carboxylic acid groups (broad SMARTS) is 1. The summed E-state index contributed by atoms with van der Waals surface area (Å²) in [6, 6.07) is 7.55. The van der Waals surface area contributed by atoms with E-state index in [1.165, 1.54) is 30.4 Å². The van der Waals surface area contributed by atoms with Gasteiger partial charge in [0.1, 0.15) is 5.76 Å². The maximum Gasteiger partial charge on any atom is 0.307 e. The van der Waals surface area contributed by atoms with Crippen molar-refractivity contribution in [3.63, 3.8) is 0 Å². The van der Waals surface area contributed by atoms with Crippen LogP contribution in [0.2, 0.25) is 0 Å². The van der Waals surface area contributed by atoms with E-state index in [9.17, 15) is 14.0 Å². The van der Waals surface area contributed by atoms with Gasteiger partial charge in [-0.05, 0) is 30.7 Å². The monoisotopic (exact) mass is 333 g/mol. The SMILES string of the molecule is COc1ccc(N(Cc2ccco2)C(=O)[C@H]2C[C@@H]2C(=O)O)cc1F. The number of amides is 1. The second kappa shape index (κ2) is 6.35. The van der Waals surface area contributed by atoms with Crippen LogP contribution in [0.15, 0.2) is 41.0 Å². The number of nitrogens with zero attached hydrogens (tertiary/aromatic N) is 1. The smallest absolute Gasteiger partial charge is 0.307 e. The summed E-state index contributed by atoms with van der Waals surface area (Å²) in [4.78, 5) is 25.0. The lowest BCUT2D eigenvalue weighted by molar-refractivity contribution is -0.140. The molecule has 3 rings (SSSR count). The van der Waals surface area contributed by atoms with Gasteiger partial charge in [-0.25, -0.2) is 4.39 Å². The Morgan fingerprint density at radius 3 is 2.71 bits per heavy atom. The number of hydrogen-bond acceptors (Lipinski definition) is 4. The lowest BCUT2D eigenvalue weighted by atomic mass is 10.2. The summed E-state index contributed by atoms with van der Waals surface area (Å²) in [7, 11) is 1.35. The average Bonchev–Trinajstić information content (AvgIpc) is 3.21. The highest BCUT2D eigenvalue weighted by atomic mass is 19.1. The molecule has 2 aromatic rings. The summed E-state index contributed by atoms with van der Waals surface area (Å²) < 4.78 is 24.1. The number of halogens is 1. The molecular formula is C17H16FNO5. The minimum Gasteiger partial charge on any atom is -0.494 e. The number of carbonyl (C=O) groups is 2. The molecule has 1 aliphatic carbocycles. The first-order chi connectivity index (χ1) is 11.5. The van der Waals surface area contributed by atoms with E-state index in [2.05, 4.69) is 0 Å². The van der Waals surface area contributed by atoms with E-state index in [4.69, 9.17) is 14.3 Å². The molecule has 0 aliphatic heterocycles. The maximum absolute atomic E-state index is 14.0. The fourth-order valence-electron chi connectivity index (χ4n) is 2.62. The predicted octanol–water partition coefficient (Wildman–Crippen LogP) is 2.68. The van der Waals surface area contributed by atoms with Gasteiger partial charge >= 0.3 is 5.97 Å². The highest BCUT2D eigenvalue weighted by molar-refractivity contribution is 6.00. The number of rotatable bonds is 6. The molecule has 6 nitrogen and oxygen atoms in total. The fraction of sp³-hybridized carbons (Fsp3) is 0.294. The quantitative estimate of drug-likeness (QED) is 0.879. The summed E-state index contributed by atoms with van der Waals surface area (Å²) in [5.41, 5.74) is 0.325. The molecule has 1 heterocycles. The van der Waals surface area contributed by atoms with Crippen LogP contribution in [0.5, 0.6) is 5.75 Å². The number of carbonyl (C=O) groups excluding carboxylic acids is 1. The molecule has 2 atom stereocenters. The summed E-state index contributed by atoms with van der Waals surface area (Å²) in [5, 5.41) is 9.03. The fourth-order valence-corrected chi connectivity index (χ4v) is 2.62. The Morgan fingerprint density at radius 1 is 1.38 bits per heavy atom. The molecule has 1 N–H and O–H groups in total. The van der Waals surface area contributed by atoms with Crippen molar-refractivity contribution >= 4 is 17.6 Å².